The molecular weight excluding hydrogens is 505 g/mol. The molecule has 6 nitrogen and oxygen atoms in total. The second-order valence-corrected chi connectivity index (χ2v) is 9.99. The lowest BCUT2D eigenvalue weighted by Crippen LogP contribution is -2.56. The second kappa shape index (κ2) is 13.7. The molecule has 2 aromatic rings. The van der Waals surface area contributed by atoms with Crippen molar-refractivity contribution in [3.05, 3.63) is 54.1 Å². The number of benzene rings is 2. The third-order valence-electron chi connectivity index (χ3n) is 4.61. The van der Waals surface area contributed by atoms with E-state index in [0.29, 0.717) is 17.9 Å². The predicted molar refractivity (Wildman–Crippen MR) is 140 cm³/mol. The number of rotatable bonds is 11. The van der Waals surface area contributed by atoms with E-state index in [1.165, 1.54) is 12.8 Å². The van der Waals surface area contributed by atoms with E-state index in [4.69, 9.17) is 56.5 Å². The van der Waals surface area contributed by atoms with Gasteiger partial charge in [-0.2, -0.15) is 0 Å². The van der Waals surface area contributed by atoms with Gasteiger partial charge < -0.3 is 25.4 Å². The summed E-state index contributed by atoms with van der Waals surface area (Å²) >= 11 is 23.5. The van der Waals surface area contributed by atoms with Crippen LogP contribution in [0.2, 0.25) is 0 Å². The summed E-state index contributed by atoms with van der Waals surface area (Å²) in [5.74, 6) is 0.965. The van der Waals surface area contributed by atoms with Crippen LogP contribution in [0.25, 0.3) is 0 Å². The number of methoxy groups -OCH3 is 1. The van der Waals surface area contributed by atoms with Crippen molar-refractivity contribution in [2.75, 3.05) is 19.0 Å². The van der Waals surface area contributed by atoms with Gasteiger partial charge in [0, 0.05) is 11.3 Å². The summed E-state index contributed by atoms with van der Waals surface area (Å²) in [6.07, 6.45) is 3.52. The van der Waals surface area contributed by atoms with Gasteiger partial charge in [-0.15, -0.1) is 0 Å². The van der Waals surface area contributed by atoms with E-state index in [2.05, 4.69) is 22.9 Å². The highest BCUT2D eigenvalue weighted by Crippen LogP contribution is 2.29. The van der Waals surface area contributed by atoms with Crippen LogP contribution in [0.3, 0.4) is 0 Å². The number of anilines is 1. The first-order chi connectivity index (χ1) is 15.7. The molecule has 0 radical (unpaired) electrons. The molecule has 0 saturated heterocycles. The van der Waals surface area contributed by atoms with Crippen LogP contribution in [-0.4, -0.2) is 34.7 Å². The van der Waals surface area contributed by atoms with Gasteiger partial charge in [-0.1, -0.05) is 61.0 Å². The smallest absolute Gasteiger partial charge is 0.252 e. The lowest BCUT2D eigenvalue weighted by atomic mass is 10.2. The molecule has 3 N–H and O–H groups in total. The van der Waals surface area contributed by atoms with Gasteiger partial charge in [0.05, 0.1) is 13.7 Å². The monoisotopic (exact) mass is 531 g/mol. The van der Waals surface area contributed by atoms with Crippen molar-refractivity contribution < 1.29 is 14.3 Å². The van der Waals surface area contributed by atoms with Crippen LogP contribution in [0, 0.1) is 0 Å². The topological polar surface area (TPSA) is 71.6 Å². The number of hydrogen-bond acceptors (Lipinski definition) is 4. The Morgan fingerprint density at radius 3 is 2.18 bits per heavy atom. The molecule has 1 atom stereocenters. The maximum absolute atomic E-state index is 12.6. The Morgan fingerprint density at radius 1 is 0.970 bits per heavy atom. The maximum atomic E-state index is 12.6. The molecule has 0 spiro atoms. The molecule has 0 bridgehead atoms. The van der Waals surface area contributed by atoms with Gasteiger partial charge in [0.1, 0.15) is 17.7 Å². The molecule has 0 fully saturated rings. The van der Waals surface area contributed by atoms with E-state index < -0.39 is 15.9 Å². The molecule has 180 valence electrons. The van der Waals surface area contributed by atoms with Crippen molar-refractivity contribution in [1.82, 2.24) is 10.6 Å². The lowest BCUT2D eigenvalue weighted by Gasteiger charge is -2.27. The van der Waals surface area contributed by atoms with Gasteiger partial charge in [-0.05, 0) is 67.2 Å². The third-order valence-corrected chi connectivity index (χ3v) is 5.48. The number of amides is 1. The lowest BCUT2D eigenvalue weighted by molar-refractivity contribution is 0.0934. The van der Waals surface area contributed by atoms with Gasteiger partial charge in [-0.25, -0.2) is 0 Å². The number of halogens is 3. The van der Waals surface area contributed by atoms with Crippen molar-refractivity contribution >= 4 is 63.7 Å². The predicted octanol–water partition coefficient (Wildman–Crippen LogP) is 6.07. The summed E-state index contributed by atoms with van der Waals surface area (Å²) in [4.78, 5) is 12.6. The van der Waals surface area contributed by atoms with Gasteiger partial charge >= 0.3 is 0 Å². The summed E-state index contributed by atoms with van der Waals surface area (Å²) in [5, 5.41) is 8.65. The summed E-state index contributed by atoms with van der Waals surface area (Å²) < 4.78 is 8.97. The quantitative estimate of drug-likeness (QED) is 0.141. The Kier molecular flexibility index (Phi) is 11.3. The number of hydrogen-bond donors (Lipinski definition) is 3. The van der Waals surface area contributed by atoms with Gasteiger partial charge in [0.2, 0.25) is 3.79 Å². The zero-order valence-corrected chi connectivity index (χ0v) is 21.6. The molecule has 0 aromatic heterocycles. The molecule has 0 aliphatic heterocycles. The van der Waals surface area contributed by atoms with E-state index in [0.717, 1.165) is 24.3 Å². The Hall–Kier alpha value is -1.93. The van der Waals surface area contributed by atoms with Gasteiger partial charge in [-0.3, -0.25) is 4.79 Å². The molecule has 0 saturated carbocycles. The molecular formula is C23H28Cl3N3O3S. The van der Waals surface area contributed by atoms with Crippen LogP contribution in [-0.2, 0) is 0 Å². The third kappa shape index (κ3) is 9.84. The number of thiocarbonyl (C=S) groups is 1. The van der Waals surface area contributed by atoms with E-state index in [1.807, 2.05) is 24.3 Å². The van der Waals surface area contributed by atoms with Gasteiger partial charge in [0.15, 0.2) is 5.11 Å². The average Bonchev–Trinajstić information content (AvgIpc) is 2.79. The maximum Gasteiger partial charge on any atom is 0.252 e. The molecule has 0 aliphatic carbocycles. The van der Waals surface area contributed by atoms with Crippen LogP contribution in [0.15, 0.2) is 48.5 Å². The van der Waals surface area contributed by atoms with Crippen LogP contribution in [0.5, 0.6) is 11.5 Å². The SMILES string of the molecule is CCCCCCOc1ccc(NC(=S)NC(NC(=O)c2ccc(OC)cc2)C(Cl)(Cl)Cl)cc1. The number of nitrogens with one attached hydrogen (secondary N) is 3. The number of carbonyl (C=O) groups is 1. The Labute approximate surface area is 215 Å². The van der Waals surface area contributed by atoms with Crippen molar-refractivity contribution in [3.8, 4) is 11.5 Å². The molecule has 2 aromatic carbocycles. The highest BCUT2D eigenvalue weighted by molar-refractivity contribution is 7.80. The number of unbranched alkanes of at least 4 members (excludes halogenated alkanes) is 3. The van der Waals surface area contributed by atoms with Crippen molar-refractivity contribution in [2.24, 2.45) is 0 Å². The fourth-order valence-electron chi connectivity index (χ4n) is 2.81. The Morgan fingerprint density at radius 2 is 1.61 bits per heavy atom. The van der Waals surface area contributed by atoms with Crippen LogP contribution in [0.1, 0.15) is 43.0 Å². The minimum absolute atomic E-state index is 0.176. The standard InChI is InChI=1S/C23H28Cl3N3O3S/c1-3-4-5-6-15-32-19-13-9-17(10-14-19)27-22(33)29-21(23(24,25)26)28-20(30)16-7-11-18(31-2)12-8-16/h7-14,21H,3-6,15H2,1-2H3,(H,28,30)(H2,27,29,33). The normalized spacial score (nSPS) is 11.9. The minimum Gasteiger partial charge on any atom is -0.497 e. The summed E-state index contributed by atoms with van der Waals surface area (Å²) in [6, 6.07) is 13.9. The molecule has 2 rings (SSSR count). The van der Waals surface area contributed by atoms with E-state index in [9.17, 15) is 4.79 Å². The first kappa shape index (κ1) is 27.3. The second-order valence-electron chi connectivity index (χ2n) is 7.21. The molecule has 0 heterocycles. The van der Waals surface area contributed by atoms with E-state index >= 15 is 0 Å². The molecule has 33 heavy (non-hydrogen) atoms. The Bertz CT molecular complexity index is 891. The van der Waals surface area contributed by atoms with E-state index in [-0.39, 0.29) is 5.11 Å². The number of ether oxygens (including phenoxy) is 2. The van der Waals surface area contributed by atoms with Gasteiger partial charge in [0.25, 0.3) is 5.91 Å². The van der Waals surface area contributed by atoms with Crippen LogP contribution >= 0.6 is 47.0 Å². The molecule has 1 amide bonds. The average molecular weight is 533 g/mol. The van der Waals surface area contributed by atoms with E-state index in [1.54, 1.807) is 31.4 Å². The zero-order valence-electron chi connectivity index (χ0n) is 18.5. The molecule has 1 unspecified atom stereocenters. The van der Waals surface area contributed by atoms with Crippen molar-refractivity contribution in [3.63, 3.8) is 0 Å². The largest absolute Gasteiger partial charge is 0.497 e. The molecule has 0 aliphatic rings. The summed E-state index contributed by atoms with van der Waals surface area (Å²) in [7, 11) is 1.54. The minimum atomic E-state index is -1.86. The summed E-state index contributed by atoms with van der Waals surface area (Å²) in [5.41, 5.74) is 1.09. The van der Waals surface area contributed by atoms with Crippen molar-refractivity contribution in [2.45, 2.75) is 42.6 Å². The fraction of sp³-hybridized carbons (Fsp3) is 0.391. The fourth-order valence-corrected chi connectivity index (χ4v) is 3.37. The van der Waals surface area contributed by atoms with Crippen LogP contribution < -0.4 is 25.4 Å². The van der Waals surface area contributed by atoms with Crippen LogP contribution in [0.4, 0.5) is 5.69 Å². The first-order valence-electron chi connectivity index (χ1n) is 10.5. The van der Waals surface area contributed by atoms with Crippen molar-refractivity contribution in [1.29, 1.82) is 0 Å². The zero-order chi connectivity index (χ0) is 24.3. The number of carbonyl (C=O) groups excluding carboxylic acids is 1. The highest BCUT2D eigenvalue weighted by atomic mass is 35.6. The Balaban J connectivity index is 1.90. The number of alkyl halides is 3. The first-order valence-corrected chi connectivity index (χ1v) is 12.1. The highest BCUT2D eigenvalue weighted by Gasteiger charge is 2.34. The molecule has 10 heteroatoms. The summed E-state index contributed by atoms with van der Waals surface area (Å²) in [6.45, 7) is 2.86.